The van der Waals surface area contributed by atoms with Crippen LogP contribution in [0.25, 0.3) is 39.1 Å². The van der Waals surface area contributed by atoms with Crippen LogP contribution in [0.2, 0.25) is 0 Å². The number of fused-ring (bicyclic) bond motifs is 5. The highest BCUT2D eigenvalue weighted by molar-refractivity contribution is 5.96. The Bertz CT molecular complexity index is 1630. The first-order chi connectivity index (χ1) is 16.9. The van der Waals surface area contributed by atoms with Crippen LogP contribution in [-0.2, 0) is 0 Å². The van der Waals surface area contributed by atoms with E-state index >= 15 is 0 Å². The molecular weight excluding hydrogens is 414 g/mol. The monoisotopic (exact) mass is 435 g/mol. The lowest BCUT2D eigenvalue weighted by molar-refractivity contribution is 0.941. The first-order valence-corrected chi connectivity index (χ1v) is 11.6. The Labute approximate surface area is 198 Å². The molecule has 0 saturated heterocycles. The lowest BCUT2D eigenvalue weighted by Crippen LogP contribution is -2.01. The van der Waals surface area contributed by atoms with Crippen LogP contribution < -0.4 is 0 Å². The fourth-order valence-electron chi connectivity index (χ4n) is 5.34. The zero-order valence-corrected chi connectivity index (χ0v) is 18.5. The van der Waals surface area contributed by atoms with Crippen LogP contribution >= 0.6 is 0 Å². The van der Waals surface area contributed by atoms with Crippen LogP contribution in [0.3, 0.4) is 0 Å². The first kappa shape index (κ1) is 19.0. The zero-order valence-electron chi connectivity index (χ0n) is 18.5. The predicted molar refractivity (Wildman–Crippen MR) is 137 cm³/mol. The highest BCUT2D eigenvalue weighted by Crippen LogP contribution is 2.50. The third-order valence-corrected chi connectivity index (χ3v) is 6.86. The van der Waals surface area contributed by atoms with Gasteiger partial charge in [0.05, 0.1) is 11.2 Å². The second kappa shape index (κ2) is 7.53. The van der Waals surface area contributed by atoms with E-state index in [0.29, 0.717) is 0 Å². The van der Waals surface area contributed by atoms with Crippen LogP contribution in [0.1, 0.15) is 22.6 Å². The Morgan fingerprint density at radius 3 is 2.15 bits per heavy atom. The van der Waals surface area contributed by atoms with Gasteiger partial charge in [-0.1, -0.05) is 91.0 Å². The van der Waals surface area contributed by atoms with Crippen molar-refractivity contribution in [3.63, 3.8) is 0 Å². The quantitative estimate of drug-likeness (QED) is 0.293. The predicted octanol–water partition coefficient (Wildman–Crippen LogP) is 7.25. The van der Waals surface area contributed by atoms with Crippen molar-refractivity contribution in [3.05, 3.63) is 138 Å². The van der Waals surface area contributed by atoms with E-state index in [0.717, 1.165) is 22.6 Å². The molecule has 0 amide bonds. The Kier molecular flexibility index (Phi) is 4.21. The van der Waals surface area contributed by atoms with Crippen LogP contribution in [0.5, 0.6) is 0 Å². The molecule has 1 aliphatic rings. The maximum atomic E-state index is 4.57. The van der Waals surface area contributed by atoms with E-state index in [1.54, 1.807) is 0 Å². The second-order valence-corrected chi connectivity index (χ2v) is 8.72. The molecule has 0 bridgehead atoms. The molecule has 1 aliphatic carbocycles. The molecule has 0 aliphatic heterocycles. The van der Waals surface area contributed by atoms with Crippen molar-refractivity contribution in [1.82, 2.24) is 14.8 Å². The number of aromatic nitrogens is 3. The molecule has 4 aromatic carbocycles. The average Bonchev–Trinajstić information content (AvgIpc) is 3.49. The largest absolute Gasteiger partial charge is 0.300 e. The Hall–Kier alpha value is -4.50. The maximum absolute atomic E-state index is 4.57. The van der Waals surface area contributed by atoms with Gasteiger partial charge < -0.3 is 0 Å². The number of rotatable bonds is 3. The summed E-state index contributed by atoms with van der Waals surface area (Å²) in [4.78, 5) is 0. The number of hydrogen-bond donors (Lipinski definition) is 0. The highest BCUT2D eigenvalue weighted by atomic mass is 15.2. The van der Waals surface area contributed by atoms with Crippen molar-refractivity contribution < 1.29 is 0 Å². The van der Waals surface area contributed by atoms with Gasteiger partial charge in [-0.15, -0.1) is 10.2 Å². The molecule has 1 unspecified atom stereocenters. The average molecular weight is 436 g/mol. The summed E-state index contributed by atoms with van der Waals surface area (Å²) >= 11 is 0. The van der Waals surface area contributed by atoms with Gasteiger partial charge in [-0.25, -0.2) is 0 Å². The molecule has 3 heteroatoms. The van der Waals surface area contributed by atoms with Gasteiger partial charge in [0.2, 0.25) is 0 Å². The van der Waals surface area contributed by atoms with E-state index in [2.05, 4.69) is 106 Å². The number of benzene rings is 4. The van der Waals surface area contributed by atoms with Gasteiger partial charge in [-0.05, 0) is 52.1 Å². The van der Waals surface area contributed by atoms with E-state index in [4.69, 9.17) is 0 Å². The third-order valence-electron chi connectivity index (χ3n) is 6.86. The van der Waals surface area contributed by atoms with E-state index in [1.165, 1.54) is 33.2 Å². The fourth-order valence-corrected chi connectivity index (χ4v) is 5.34. The second-order valence-electron chi connectivity index (χ2n) is 8.72. The van der Waals surface area contributed by atoms with Crippen LogP contribution in [0.4, 0.5) is 0 Å². The van der Waals surface area contributed by atoms with Gasteiger partial charge in [0.1, 0.15) is 0 Å². The number of hydrogen-bond acceptors (Lipinski definition) is 2. The summed E-state index contributed by atoms with van der Waals surface area (Å²) in [5.41, 5.74) is 9.80. The van der Waals surface area contributed by atoms with Crippen molar-refractivity contribution in [3.8, 4) is 28.2 Å². The molecule has 2 heterocycles. The van der Waals surface area contributed by atoms with Crippen LogP contribution in [0, 0.1) is 0 Å². The lowest BCUT2D eigenvalue weighted by atomic mass is 9.88. The van der Waals surface area contributed by atoms with Crippen molar-refractivity contribution in [1.29, 1.82) is 0 Å². The standard InChI is InChI=1S/C31H21N3/c1-3-9-21(10-4-1)27-16-18-29(33-32-27)34-20-19-26-28(34)17-15-25-23-13-7-8-14-24(23)30(31(25)26)22-11-5-2-6-12-22/h1-20,30H. The molecule has 7 rings (SSSR count). The molecule has 34 heavy (non-hydrogen) atoms. The Balaban J connectivity index is 1.39. The Morgan fingerprint density at radius 1 is 0.588 bits per heavy atom. The molecule has 2 aromatic heterocycles. The lowest BCUT2D eigenvalue weighted by Gasteiger charge is -2.15. The van der Waals surface area contributed by atoms with E-state index in [-0.39, 0.29) is 5.92 Å². The first-order valence-electron chi connectivity index (χ1n) is 11.6. The molecule has 0 saturated carbocycles. The maximum Gasteiger partial charge on any atom is 0.159 e. The SMILES string of the molecule is c1ccc(-c2ccc(-n3ccc4c5c(ccc43)-c3ccccc3C5c3ccccc3)nn2)cc1. The van der Waals surface area contributed by atoms with Crippen molar-refractivity contribution in [2.24, 2.45) is 0 Å². The van der Waals surface area contributed by atoms with Crippen LogP contribution in [0.15, 0.2) is 121 Å². The minimum absolute atomic E-state index is 0.221. The smallest absolute Gasteiger partial charge is 0.159 e. The summed E-state index contributed by atoms with van der Waals surface area (Å²) in [5.74, 6) is 1.04. The molecule has 3 nitrogen and oxygen atoms in total. The van der Waals surface area contributed by atoms with E-state index < -0.39 is 0 Å². The van der Waals surface area contributed by atoms with E-state index in [1.807, 2.05) is 30.3 Å². The fraction of sp³-hybridized carbons (Fsp3) is 0.0323. The summed E-state index contributed by atoms with van der Waals surface area (Å²) in [6.07, 6.45) is 2.11. The summed E-state index contributed by atoms with van der Waals surface area (Å²) in [6.45, 7) is 0. The molecule has 0 radical (unpaired) electrons. The third kappa shape index (κ3) is 2.84. The van der Waals surface area contributed by atoms with Gasteiger partial charge >= 0.3 is 0 Å². The van der Waals surface area contributed by atoms with Gasteiger partial charge in [0.15, 0.2) is 5.82 Å². The minimum Gasteiger partial charge on any atom is -0.300 e. The van der Waals surface area contributed by atoms with Crippen LogP contribution in [-0.4, -0.2) is 14.8 Å². The molecule has 0 N–H and O–H groups in total. The van der Waals surface area contributed by atoms with Crippen molar-refractivity contribution >= 4 is 10.9 Å². The normalized spacial score (nSPS) is 14.2. The van der Waals surface area contributed by atoms with Gasteiger partial charge in [-0.2, -0.15) is 0 Å². The molecule has 160 valence electrons. The van der Waals surface area contributed by atoms with Crippen molar-refractivity contribution in [2.75, 3.05) is 0 Å². The van der Waals surface area contributed by atoms with Gasteiger partial charge in [-0.3, -0.25) is 4.57 Å². The molecule has 1 atom stereocenters. The number of nitrogens with zero attached hydrogens (tertiary/aromatic N) is 3. The Morgan fingerprint density at radius 2 is 1.35 bits per heavy atom. The summed E-state index contributed by atoms with van der Waals surface area (Å²) < 4.78 is 2.14. The zero-order chi connectivity index (χ0) is 22.5. The minimum atomic E-state index is 0.221. The molecular formula is C31H21N3. The molecule has 0 spiro atoms. The molecule has 0 fully saturated rings. The summed E-state index contributed by atoms with van der Waals surface area (Å²) in [5, 5.41) is 10.3. The summed E-state index contributed by atoms with van der Waals surface area (Å²) in [6, 6.07) is 40.6. The topological polar surface area (TPSA) is 30.7 Å². The molecule has 6 aromatic rings. The van der Waals surface area contributed by atoms with E-state index in [9.17, 15) is 0 Å². The van der Waals surface area contributed by atoms with Gasteiger partial charge in [0.25, 0.3) is 0 Å². The summed E-state index contributed by atoms with van der Waals surface area (Å²) in [7, 11) is 0. The van der Waals surface area contributed by atoms with Gasteiger partial charge in [0, 0.05) is 23.1 Å². The van der Waals surface area contributed by atoms with Crippen molar-refractivity contribution in [2.45, 2.75) is 5.92 Å². The highest BCUT2D eigenvalue weighted by Gasteiger charge is 2.31.